The van der Waals surface area contributed by atoms with Gasteiger partial charge < -0.3 is 5.73 Å². The fourth-order valence-corrected chi connectivity index (χ4v) is 2.42. The van der Waals surface area contributed by atoms with Gasteiger partial charge in [-0.15, -0.1) is 0 Å². The van der Waals surface area contributed by atoms with Gasteiger partial charge in [0.15, 0.2) is 0 Å². The third kappa shape index (κ3) is 2.55. The summed E-state index contributed by atoms with van der Waals surface area (Å²) in [6.45, 7) is 0. The predicted octanol–water partition coefficient (Wildman–Crippen LogP) is 2.23. The van der Waals surface area contributed by atoms with Crippen molar-refractivity contribution in [3.05, 3.63) is 35.6 Å². The van der Waals surface area contributed by atoms with Gasteiger partial charge in [-0.3, -0.25) is 5.21 Å². The van der Waals surface area contributed by atoms with Gasteiger partial charge in [0.05, 0.1) is 6.04 Å². The van der Waals surface area contributed by atoms with Gasteiger partial charge in [0.25, 0.3) is 0 Å². The van der Waals surface area contributed by atoms with Crippen LogP contribution in [-0.4, -0.2) is 22.3 Å². The molecular weight excluding hydrogens is 223 g/mol. The molecule has 1 aromatic rings. The number of urea groups is 1. The van der Waals surface area contributed by atoms with E-state index in [0.29, 0.717) is 17.9 Å². The maximum absolute atomic E-state index is 13.1. The van der Waals surface area contributed by atoms with E-state index in [9.17, 15) is 14.4 Å². The van der Waals surface area contributed by atoms with E-state index in [2.05, 4.69) is 0 Å². The van der Waals surface area contributed by atoms with Gasteiger partial charge in [-0.25, -0.2) is 14.2 Å². The zero-order valence-corrected chi connectivity index (χ0v) is 9.34. The molecule has 1 aromatic carbocycles. The molecule has 1 aliphatic rings. The molecule has 17 heavy (non-hydrogen) atoms. The van der Waals surface area contributed by atoms with Gasteiger partial charge in [-0.05, 0) is 42.9 Å². The lowest BCUT2D eigenvalue weighted by Gasteiger charge is -2.19. The molecule has 0 heterocycles. The summed E-state index contributed by atoms with van der Waals surface area (Å²) in [6, 6.07) is 5.33. The van der Waals surface area contributed by atoms with Crippen molar-refractivity contribution < 1.29 is 14.4 Å². The first-order chi connectivity index (χ1) is 8.08. The summed E-state index contributed by atoms with van der Waals surface area (Å²) < 4.78 is 13.1. The van der Waals surface area contributed by atoms with E-state index >= 15 is 0 Å². The van der Waals surface area contributed by atoms with Crippen molar-refractivity contribution in [2.24, 2.45) is 5.73 Å². The lowest BCUT2D eigenvalue weighted by Crippen LogP contribution is -2.39. The minimum absolute atomic E-state index is 0.171. The van der Waals surface area contributed by atoms with E-state index in [0.717, 1.165) is 12.0 Å². The molecule has 0 aromatic heterocycles. The SMILES string of the molecule is NC(=O)N(O)[C@H]1CC[C@@H](c2cccc(F)c2)C1. The standard InChI is InChI=1S/C12H15FN2O2/c13-10-3-1-2-8(6-10)9-4-5-11(7-9)15(17)12(14)16/h1-3,6,9,11,17H,4-5,7H2,(H2,14,16)/t9-,11+/m1/s1. The summed E-state index contributed by atoms with van der Waals surface area (Å²) in [5.41, 5.74) is 5.91. The Bertz CT molecular complexity index is 425. The van der Waals surface area contributed by atoms with Crippen LogP contribution in [0.25, 0.3) is 0 Å². The summed E-state index contributed by atoms with van der Waals surface area (Å²) in [7, 11) is 0. The Morgan fingerprint density at radius 1 is 1.47 bits per heavy atom. The minimum atomic E-state index is -0.838. The van der Waals surface area contributed by atoms with Crippen molar-refractivity contribution in [3.8, 4) is 0 Å². The van der Waals surface area contributed by atoms with Crippen LogP contribution in [-0.2, 0) is 0 Å². The molecule has 2 atom stereocenters. The molecule has 1 aliphatic carbocycles. The number of carbonyl (C=O) groups excluding carboxylic acids is 1. The third-order valence-corrected chi connectivity index (χ3v) is 3.30. The highest BCUT2D eigenvalue weighted by Crippen LogP contribution is 2.36. The predicted molar refractivity (Wildman–Crippen MR) is 60.0 cm³/mol. The van der Waals surface area contributed by atoms with Crippen molar-refractivity contribution in [2.45, 2.75) is 31.2 Å². The molecule has 0 bridgehead atoms. The van der Waals surface area contributed by atoms with Crippen LogP contribution in [0.5, 0.6) is 0 Å². The van der Waals surface area contributed by atoms with Crippen LogP contribution in [0, 0.1) is 5.82 Å². The van der Waals surface area contributed by atoms with Gasteiger partial charge in [-0.2, -0.15) is 0 Å². The molecule has 0 aliphatic heterocycles. The zero-order valence-electron chi connectivity index (χ0n) is 9.34. The van der Waals surface area contributed by atoms with Crippen molar-refractivity contribution in [1.82, 2.24) is 5.06 Å². The number of amides is 2. The van der Waals surface area contributed by atoms with Gasteiger partial charge in [-0.1, -0.05) is 12.1 Å². The van der Waals surface area contributed by atoms with Crippen LogP contribution in [0.15, 0.2) is 24.3 Å². The maximum Gasteiger partial charge on any atom is 0.338 e. The second-order valence-corrected chi connectivity index (χ2v) is 4.40. The largest absolute Gasteiger partial charge is 0.350 e. The van der Waals surface area contributed by atoms with Crippen LogP contribution < -0.4 is 5.73 Å². The van der Waals surface area contributed by atoms with Crippen LogP contribution in [0.1, 0.15) is 30.7 Å². The van der Waals surface area contributed by atoms with Crippen molar-refractivity contribution in [1.29, 1.82) is 0 Å². The molecule has 1 saturated carbocycles. The number of hydroxylamine groups is 2. The molecule has 0 radical (unpaired) electrons. The van der Waals surface area contributed by atoms with Gasteiger partial charge in [0.2, 0.25) is 0 Å². The lowest BCUT2D eigenvalue weighted by molar-refractivity contribution is -0.0730. The van der Waals surface area contributed by atoms with E-state index < -0.39 is 6.03 Å². The van der Waals surface area contributed by atoms with Crippen molar-refractivity contribution >= 4 is 6.03 Å². The molecule has 2 rings (SSSR count). The molecule has 2 amide bonds. The average molecular weight is 238 g/mol. The second kappa shape index (κ2) is 4.71. The monoisotopic (exact) mass is 238 g/mol. The highest BCUT2D eigenvalue weighted by Gasteiger charge is 2.31. The maximum atomic E-state index is 13.1. The molecule has 0 unspecified atom stereocenters. The Kier molecular flexibility index (Phi) is 3.28. The minimum Gasteiger partial charge on any atom is -0.350 e. The first-order valence-electron chi connectivity index (χ1n) is 5.61. The lowest BCUT2D eigenvalue weighted by atomic mass is 9.97. The highest BCUT2D eigenvalue weighted by atomic mass is 19.1. The number of halogens is 1. The topological polar surface area (TPSA) is 66.6 Å². The van der Waals surface area contributed by atoms with Gasteiger partial charge >= 0.3 is 6.03 Å². The summed E-state index contributed by atoms with van der Waals surface area (Å²) >= 11 is 0. The van der Waals surface area contributed by atoms with E-state index in [-0.39, 0.29) is 17.8 Å². The molecule has 1 fully saturated rings. The first kappa shape index (κ1) is 11.9. The van der Waals surface area contributed by atoms with Gasteiger partial charge in [0, 0.05) is 0 Å². The molecule has 4 nitrogen and oxygen atoms in total. The van der Waals surface area contributed by atoms with E-state index in [4.69, 9.17) is 5.73 Å². The number of rotatable bonds is 2. The van der Waals surface area contributed by atoms with Crippen LogP contribution in [0.2, 0.25) is 0 Å². The normalized spacial score (nSPS) is 23.6. The molecular formula is C12H15FN2O2. The van der Waals surface area contributed by atoms with Crippen LogP contribution in [0.3, 0.4) is 0 Å². The van der Waals surface area contributed by atoms with Gasteiger partial charge in [0.1, 0.15) is 5.82 Å². The fraction of sp³-hybridized carbons (Fsp3) is 0.417. The summed E-state index contributed by atoms with van der Waals surface area (Å²) in [5.74, 6) is -0.0913. The summed E-state index contributed by atoms with van der Waals surface area (Å²) in [6.07, 6.45) is 2.11. The number of benzene rings is 1. The quantitative estimate of drug-likeness (QED) is 0.613. The molecule has 92 valence electrons. The van der Waals surface area contributed by atoms with E-state index in [1.165, 1.54) is 12.1 Å². The number of hydrogen-bond donors (Lipinski definition) is 2. The average Bonchev–Trinajstić information content (AvgIpc) is 2.77. The molecule has 5 heteroatoms. The number of nitrogens with zero attached hydrogens (tertiary/aromatic N) is 1. The number of primary amides is 1. The Balaban J connectivity index is 2.05. The Labute approximate surface area is 98.8 Å². The van der Waals surface area contributed by atoms with Crippen LogP contribution >= 0.6 is 0 Å². The fourth-order valence-electron chi connectivity index (χ4n) is 2.42. The molecule has 0 saturated heterocycles. The molecule has 0 spiro atoms. The third-order valence-electron chi connectivity index (χ3n) is 3.30. The first-order valence-corrected chi connectivity index (χ1v) is 5.61. The van der Waals surface area contributed by atoms with Crippen LogP contribution in [0.4, 0.5) is 9.18 Å². The number of nitrogens with two attached hydrogens (primary N) is 1. The Morgan fingerprint density at radius 2 is 2.24 bits per heavy atom. The number of carbonyl (C=O) groups is 1. The van der Waals surface area contributed by atoms with E-state index in [1.54, 1.807) is 6.07 Å². The van der Waals surface area contributed by atoms with E-state index in [1.807, 2.05) is 6.07 Å². The number of hydrogen-bond acceptors (Lipinski definition) is 2. The molecule has 3 N–H and O–H groups in total. The zero-order chi connectivity index (χ0) is 12.4. The van der Waals surface area contributed by atoms with Crippen molar-refractivity contribution in [2.75, 3.05) is 0 Å². The highest BCUT2D eigenvalue weighted by molar-refractivity contribution is 5.70. The summed E-state index contributed by atoms with van der Waals surface area (Å²) in [5, 5.41) is 10.0. The second-order valence-electron chi connectivity index (χ2n) is 4.40. The Hall–Kier alpha value is -1.62. The summed E-state index contributed by atoms with van der Waals surface area (Å²) in [4.78, 5) is 10.8. The van der Waals surface area contributed by atoms with Crippen molar-refractivity contribution in [3.63, 3.8) is 0 Å². The Morgan fingerprint density at radius 3 is 2.88 bits per heavy atom. The smallest absolute Gasteiger partial charge is 0.338 e.